The van der Waals surface area contributed by atoms with E-state index in [1.54, 1.807) is 42.5 Å². The zero-order chi connectivity index (χ0) is 31.1. The number of carbonyl (C=O) groups is 3. The van der Waals surface area contributed by atoms with E-state index in [1.165, 1.54) is 49.7 Å². The van der Waals surface area contributed by atoms with Crippen LogP contribution in [0.1, 0.15) is 15.9 Å². The van der Waals surface area contributed by atoms with Crippen molar-refractivity contribution in [3.63, 3.8) is 0 Å². The molecule has 0 fully saturated rings. The molecule has 0 aliphatic rings. The highest BCUT2D eigenvalue weighted by molar-refractivity contribution is 7.91. The SMILES string of the molecule is COC(=O)[C@H](Cc1ccc(NC(=O)c2c(Cl)cccc2Cl)cc1)NC(=O)Nc1cccnc1S(=O)(=O)c1ccc(Cl)cc1. The van der Waals surface area contributed by atoms with Crippen molar-refractivity contribution in [3.8, 4) is 0 Å². The van der Waals surface area contributed by atoms with Crippen LogP contribution in [0.3, 0.4) is 0 Å². The largest absolute Gasteiger partial charge is 0.467 e. The summed E-state index contributed by atoms with van der Waals surface area (Å²) in [5.41, 5.74) is 1.10. The Balaban J connectivity index is 1.46. The molecular formula is C29H23Cl3N4O6S. The molecule has 0 aliphatic carbocycles. The molecule has 4 aromatic rings. The molecule has 0 saturated carbocycles. The lowest BCUT2D eigenvalue weighted by atomic mass is 10.1. The van der Waals surface area contributed by atoms with Gasteiger partial charge in [0, 0.05) is 23.3 Å². The number of urea groups is 1. The molecule has 0 unspecified atom stereocenters. The second-order valence-electron chi connectivity index (χ2n) is 8.94. The quantitative estimate of drug-likeness (QED) is 0.186. The Morgan fingerprint density at radius 1 is 0.860 bits per heavy atom. The molecule has 10 nitrogen and oxygen atoms in total. The van der Waals surface area contributed by atoms with Crippen LogP contribution in [-0.2, 0) is 25.8 Å². The molecule has 222 valence electrons. The van der Waals surface area contributed by atoms with E-state index in [9.17, 15) is 22.8 Å². The summed E-state index contributed by atoms with van der Waals surface area (Å²) in [4.78, 5) is 42.0. The van der Waals surface area contributed by atoms with Gasteiger partial charge in [-0.15, -0.1) is 0 Å². The van der Waals surface area contributed by atoms with Crippen molar-refractivity contribution in [3.05, 3.63) is 111 Å². The number of nitrogens with one attached hydrogen (secondary N) is 3. The fourth-order valence-corrected chi connectivity index (χ4v) is 5.97. The van der Waals surface area contributed by atoms with Crippen molar-refractivity contribution in [2.45, 2.75) is 22.4 Å². The summed E-state index contributed by atoms with van der Waals surface area (Å²) >= 11 is 18.1. The van der Waals surface area contributed by atoms with Gasteiger partial charge in [0.15, 0.2) is 5.03 Å². The molecule has 14 heteroatoms. The predicted molar refractivity (Wildman–Crippen MR) is 164 cm³/mol. The van der Waals surface area contributed by atoms with E-state index in [0.29, 0.717) is 16.3 Å². The lowest BCUT2D eigenvalue weighted by Gasteiger charge is -2.18. The van der Waals surface area contributed by atoms with Crippen LogP contribution in [0.2, 0.25) is 15.1 Å². The number of anilines is 2. The zero-order valence-electron chi connectivity index (χ0n) is 22.3. The van der Waals surface area contributed by atoms with E-state index in [-0.39, 0.29) is 32.6 Å². The molecule has 43 heavy (non-hydrogen) atoms. The number of hydrogen-bond acceptors (Lipinski definition) is 7. The van der Waals surface area contributed by atoms with Crippen molar-refractivity contribution in [1.82, 2.24) is 10.3 Å². The first-order valence-electron chi connectivity index (χ1n) is 12.4. The Morgan fingerprint density at radius 3 is 2.14 bits per heavy atom. The van der Waals surface area contributed by atoms with Crippen molar-refractivity contribution in [2.24, 2.45) is 0 Å². The molecule has 1 aromatic heterocycles. The van der Waals surface area contributed by atoms with Gasteiger partial charge in [-0.3, -0.25) is 4.79 Å². The summed E-state index contributed by atoms with van der Waals surface area (Å²) in [6.45, 7) is 0. The molecule has 4 rings (SSSR count). The highest BCUT2D eigenvalue weighted by Crippen LogP contribution is 2.27. The maximum atomic E-state index is 13.2. The van der Waals surface area contributed by atoms with Crippen molar-refractivity contribution in [1.29, 1.82) is 0 Å². The second kappa shape index (κ2) is 13.9. The number of benzene rings is 3. The third kappa shape index (κ3) is 7.82. The Kier molecular flexibility index (Phi) is 10.3. The third-order valence-electron chi connectivity index (χ3n) is 6.03. The van der Waals surface area contributed by atoms with Crippen LogP contribution in [0.25, 0.3) is 0 Å². The van der Waals surface area contributed by atoms with Gasteiger partial charge in [-0.1, -0.05) is 53.0 Å². The maximum Gasteiger partial charge on any atom is 0.328 e. The smallest absolute Gasteiger partial charge is 0.328 e. The van der Waals surface area contributed by atoms with E-state index < -0.39 is 38.8 Å². The van der Waals surface area contributed by atoms with Gasteiger partial charge in [0.05, 0.1) is 33.3 Å². The van der Waals surface area contributed by atoms with Crippen LogP contribution < -0.4 is 16.0 Å². The van der Waals surface area contributed by atoms with E-state index in [0.717, 1.165) is 0 Å². The third-order valence-corrected chi connectivity index (χ3v) is 8.64. The maximum absolute atomic E-state index is 13.2. The number of esters is 1. The molecule has 1 atom stereocenters. The molecule has 3 aromatic carbocycles. The van der Waals surface area contributed by atoms with E-state index in [1.807, 2.05) is 0 Å². The van der Waals surface area contributed by atoms with Crippen LogP contribution >= 0.6 is 34.8 Å². The number of aromatic nitrogens is 1. The van der Waals surface area contributed by atoms with Crippen molar-refractivity contribution >= 4 is 73.9 Å². The molecule has 0 bridgehead atoms. The predicted octanol–water partition coefficient (Wildman–Crippen LogP) is 6.03. The Morgan fingerprint density at radius 2 is 1.51 bits per heavy atom. The van der Waals surface area contributed by atoms with Crippen LogP contribution in [0, 0.1) is 0 Å². The van der Waals surface area contributed by atoms with Gasteiger partial charge in [0.25, 0.3) is 5.91 Å². The van der Waals surface area contributed by atoms with E-state index >= 15 is 0 Å². The first-order chi connectivity index (χ1) is 20.5. The van der Waals surface area contributed by atoms with Crippen LogP contribution in [0.4, 0.5) is 16.2 Å². The number of methoxy groups -OCH3 is 1. The number of rotatable bonds is 9. The van der Waals surface area contributed by atoms with Gasteiger partial charge in [0.1, 0.15) is 6.04 Å². The van der Waals surface area contributed by atoms with Crippen LogP contribution in [0.5, 0.6) is 0 Å². The summed E-state index contributed by atoms with van der Waals surface area (Å²) in [5.74, 6) is -1.23. The first kappa shape index (κ1) is 31.8. The monoisotopic (exact) mass is 660 g/mol. The number of carbonyl (C=O) groups excluding carboxylic acids is 3. The van der Waals surface area contributed by atoms with Gasteiger partial charge in [0.2, 0.25) is 9.84 Å². The lowest BCUT2D eigenvalue weighted by molar-refractivity contribution is -0.142. The van der Waals surface area contributed by atoms with Gasteiger partial charge in [-0.05, 0) is 66.2 Å². The fourth-order valence-electron chi connectivity index (χ4n) is 3.95. The zero-order valence-corrected chi connectivity index (χ0v) is 25.4. The molecule has 1 heterocycles. The van der Waals surface area contributed by atoms with Gasteiger partial charge >= 0.3 is 12.0 Å². The molecule has 0 radical (unpaired) electrons. The number of nitrogens with zero attached hydrogens (tertiary/aromatic N) is 1. The summed E-state index contributed by atoms with van der Waals surface area (Å²) in [6, 6.07) is 17.6. The normalized spacial score (nSPS) is 11.7. The Labute approximate surface area is 262 Å². The van der Waals surface area contributed by atoms with Crippen molar-refractivity contribution in [2.75, 3.05) is 17.7 Å². The van der Waals surface area contributed by atoms with Gasteiger partial charge in [-0.25, -0.2) is 23.0 Å². The minimum absolute atomic E-state index is 0.0215. The minimum atomic E-state index is -4.11. The molecule has 0 spiro atoms. The van der Waals surface area contributed by atoms with E-state index in [4.69, 9.17) is 39.5 Å². The number of sulfone groups is 1. The molecule has 3 amide bonds. The first-order valence-corrected chi connectivity index (χ1v) is 15.1. The highest BCUT2D eigenvalue weighted by Gasteiger charge is 2.26. The summed E-state index contributed by atoms with van der Waals surface area (Å²) in [7, 11) is -2.94. The second-order valence-corrected chi connectivity index (χ2v) is 12.1. The number of amides is 3. The number of hydrogen-bond donors (Lipinski definition) is 3. The number of pyridine rings is 1. The summed E-state index contributed by atoms with van der Waals surface area (Å²) in [5, 5.41) is 8.03. The number of ether oxygens (including phenoxy) is 1. The standard InChI is InChI=1S/C29H23Cl3N4O6S/c1-42-28(38)24(16-17-7-11-19(12-8-17)34-26(37)25-21(31)4-2-5-22(25)32)36-29(39)35-23-6-3-15-33-27(23)43(40,41)20-13-9-18(30)10-14-20/h2-15,24H,16H2,1H3,(H,34,37)(H2,35,36,39)/t24-/m0/s1. The highest BCUT2D eigenvalue weighted by atomic mass is 35.5. The summed E-state index contributed by atoms with van der Waals surface area (Å²) < 4.78 is 31.2. The van der Waals surface area contributed by atoms with Crippen molar-refractivity contribution < 1.29 is 27.5 Å². The average Bonchev–Trinajstić information content (AvgIpc) is 2.97. The Hall–Kier alpha value is -4.16. The lowest BCUT2D eigenvalue weighted by Crippen LogP contribution is -2.45. The molecule has 0 aliphatic heterocycles. The van der Waals surface area contributed by atoms with E-state index in [2.05, 4.69) is 20.9 Å². The van der Waals surface area contributed by atoms with Gasteiger partial charge < -0.3 is 20.7 Å². The number of halogens is 3. The average molecular weight is 662 g/mol. The fraction of sp³-hybridized carbons (Fsp3) is 0.103. The van der Waals surface area contributed by atoms with Crippen LogP contribution in [0.15, 0.2) is 95.0 Å². The Bertz CT molecular complexity index is 1750. The van der Waals surface area contributed by atoms with Crippen LogP contribution in [-0.4, -0.2) is 44.5 Å². The van der Waals surface area contributed by atoms with Gasteiger partial charge in [-0.2, -0.15) is 0 Å². The molecular weight excluding hydrogens is 639 g/mol. The topological polar surface area (TPSA) is 144 Å². The minimum Gasteiger partial charge on any atom is -0.467 e. The molecule has 3 N–H and O–H groups in total. The summed E-state index contributed by atoms with van der Waals surface area (Å²) in [6.07, 6.45) is 1.30. The molecule has 0 saturated heterocycles.